The first-order valence-corrected chi connectivity index (χ1v) is 10.5. The number of alkyl carbamates (subject to hydrolysis) is 1. The van der Waals surface area contributed by atoms with Crippen LogP contribution in [0.25, 0.3) is 6.08 Å². The third-order valence-corrected chi connectivity index (χ3v) is 4.75. The molecule has 3 amide bonds. The van der Waals surface area contributed by atoms with Gasteiger partial charge in [0, 0.05) is 38.7 Å². The first-order valence-electron chi connectivity index (χ1n) is 10.5. The third kappa shape index (κ3) is 9.11. The maximum atomic E-state index is 12.3. The van der Waals surface area contributed by atoms with Gasteiger partial charge in [0.1, 0.15) is 5.60 Å². The Morgan fingerprint density at radius 1 is 1.10 bits per heavy atom. The van der Waals surface area contributed by atoms with Gasteiger partial charge < -0.3 is 20.3 Å². The number of carbonyl (C=O) groups excluding carboxylic acids is 3. The fraction of sp³-hybridized carbons (Fsp3) is 0.522. The Morgan fingerprint density at radius 3 is 2.40 bits per heavy atom. The molecule has 30 heavy (non-hydrogen) atoms. The van der Waals surface area contributed by atoms with Crippen LogP contribution in [0.5, 0.6) is 0 Å². The maximum Gasteiger partial charge on any atom is 0.407 e. The van der Waals surface area contributed by atoms with Crippen LogP contribution in [0.2, 0.25) is 0 Å². The van der Waals surface area contributed by atoms with Crippen LogP contribution in [0.3, 0.4) is 0 Å². The van der Waals surface area contributed by atoms with Gasteiger partial charge >= 0.3 is 6.09 Å². The highest BCUT2D eigenvalue weighted by Gasteiger charge is 2.22. The Morgan fingerprint density at radius 2 is 1.77 bits per heavy atom. The van der Waals surface area contributed by atoms with Gasteiger partial charge in [0.05, 0.1) is 0 Å². The van der Waals surface area contributed by atoms with Gasteiger partial charge in [-0.05, 0) is 51.2 Å². The molecule has 2 rings (SSSR count). The van der Waals surface area contributed by atoms with Crippen LogP contribution in [0, 0.1) is 5.92 Å². The number of benzene rings is 1. The second kappa shape index (κ2) is 11.4. The molecule has 0 saturated carbocycles. The number of hydrogen-bond acceptors (Lipinski definition) is 4. The van der Waals surface area contributed by atoms with Gasteiger partial charge in [-0.15, -0.1) is 0 Å². The lowest BCUT2D eigenvalue weighted by molar-refractivity contribution is -0.127. The number of nitrogens with one attached hydrogen (secondary N) is 2. The zero-order chi connectivity index (χ0) is 22.0. The number of rotatable bonds is 7. The normalized spacial score (nSPS) is 15.1. The van der Waals surface area contributed by atoms with Crippen molar-refractivity contribution < 1.29 is 19.1 Å². The van der Waals surface area contributed by atoms with Crippen molar-refractivity contribution in [2.75, 3.05) is 26.2 Å². The molecule has 7 nitrogen and oxygen atoms in total. The molecule has 2 N–H and O–H groups in total. The molecule has 0 spiro atoms. The van der Waals surface area contributed by atoms with Crippen molar-refractivity contribution in [2.24, 2.45) is 5.92 Å². The summed E-state index contributed by atoms with van der Waals surface area (Å²) in [6, 6.07) is 9.75. The maximum absolute atomic E-state index is 12.3. The summed E-state index contributed by atoms with van der Waals surface area (Å²) in [6.07, 6.45) is 4.87. The molecule has 0 atom stereocenters. The third-order valence-electron chi connectivity index (χ3n) is 4.75. The van der Waals surface area contributed by atoms with Gasteiger partial charge in [0.15, 0.2) is 0 Å². The highest BCUT2D eigenvalue weighted by atomic mass is 16.6. The topological polar surface area (TPSA) is 87.7 Å². The summed E-state index contributed by atoms with van der Waals surface area (Å²) >= 11 is 0. The molecular formula is C23H33N3O4. The van der Waals surface area contributed by atoms with Gasteiger partial charge in [-0.1, -0.05) is 30.3 Å². The Labute approximate surface area is 178 Å². The molecule has 1 aliphatic rings. The predicted octanol–water partition coefficient (Wildman–Crippen LogP) is 2.97. The van der Waals surface area contributed by atoms with Crippen LogP contribution in [0.4, 0.5) is 4.79 Å². The zero-order valence-electron chi connectivity index (χ0n) is 18.1. The van der Waals surface area contributed by atoms with E-state index < -0.39 is 11.7 Å². The zero-order valence-corrected chi connectivity index (χ0v) is 18.1. The second-order valence-corrected chi connectivity index (χ2v) is 8.50. The molecule has 1 fully saturated rings. The summed E-state index contributed by atoms with van der Waals surface area (Å²) < 4.78 is 5.13. The first-order chi connectivity index (χ1) is 14.2. The van der Waals surface area contributed by atoms with Crippen LogP contribution in [-0.4, -0.2) is 54.6 Å². The molecule has 164 valence electrons. The van der Waals surface area contributed by atoms with Crippen molar-refractivity contribution in [1.82, 2.24) is 15.5 Å². The molecule has 1 saturated heterocycles. The Kier molecular flexibility index (Phi) is 8.89. The van der Waals surface area contributed by atoms with Crippen LogP contribution < -0.4 is 10.6 Å². The quantitative estimate of drug-likeness (QED) is 0.670. The SMILES string of the molecule is CC(C)(C)OC(=O)NCCC(=O)NCC1CCN(C(=O)/C=C/c2ccccc2)CC1. The average Bonchev–Trinajstić information content (AvgIpc) is 2.70. The number of piperidine rings is 1. The highest BCUT2D eigenvalue weighted by molar-refractivity contribution is 5.91. The molecule has 7 heteroatoms. The summed E-state index contributed by atoms with van der Waals surface area (Å²) in [6.45, 7) is 7.58. The molecule has 1 aromatic carbocycles. The molecule has 0 radical (unpaired) electrons. The minimum absolute atomic E-state index is 0.0227. The van der Waals surface area contributed by atoms with E-state index in [-0.39, 0.29) is 24.8 Å². The number of likely N-dealkylation sites (tertiary alicyclic amines) is 1. The number of amides is 3. The molecule has 1 heterocycles. The van der Waals surface area contributed by atoms with Crippen LogP contribution in [0.1, 0.15) is 45.6 Å². The molecular weight excluding hydrogens is 382 g/mol. The molecule has 0 bridgehead atoms. The molecule has 0 aliphatic carbocycles. The Balaban J connectivity index is 1.60. The van der Waals surface area contributed by atoms with E-state index in [4.69, 9.17) is 4.74 Å². The lowest BCUT2D eigenvalue weighted by Gasteiger charge is -2.31. The van der Waals surface area contributed by atoms with Gasteiger partial charge in [-0.2, -0.15) is 0 Å². The standard InChI is InChI=1S/C23H33N3O4/c1-23(2,3)30-22(29)24-14-11-20(27)25-17-19-12-15-26(16-13-19)21(28)10-9-18-7-5-4-6-8-18/h4-10,19H,11-17H2,1-3H3,(H,24,29)(H,25,27)/b10-9+. The average molecular weight is 416 g/mol. The number of hydrogen-bond donors (Lipinski definition) is 2. The minimum atomic E-state index is -0.556. The van der Waals surface area contributed by atoms with E-state index in [1.807, 2.05) is 41.3 Å². The van der Waals surface area contributed by atoms with Gasteiger partial charge in [-0.3, -0.25) is 9.59 Å². The summed E-state index contributed by atoms with van der Waals surface area (Å²) in [5, 5.41) is 5.49. The fourth-order valence-electron chi connectivity index (χ4n) is 3.13. The molecule has 1 aromatic rings. The van der Waals surface area contributed by atoms with Crippen molar-refractivity contribution in [2.45, 2.75) is 45.6 Å². The van der Waals surface area contributed by atoms with E-state index in [1.165, 1.54) is 0 Å². The van der Waals surface area contributed by atoms with Crippen molar-refractivity contribution in [3.8, 4) is 0 Å². The highest BCUT2D eigenvalue weighted by Crippen LogP contribution is 2.17. The minimum Gasteiger partial charge on any atom is -0.444 e. The van der Waals surface area contributed by atoms with Crippen molar-refractivity contribution in [1.29, 1.82) is 0 Å². The van der Waals surface area contributed by atoms with Crippen LogP contribution >= 0.6 is 0 Å². The second-order valence-electron chi connectivity index (χ2n) is 8.50. The van der Waals surface area contributed by atoms with E-state index in [1.54, 1.807) is 26.8 Å². The van der Waals surface area contributed by atoms with Crippen LogP contribution in [0.15, 0.2) is 36.4 Å². The molecule has 1 aliphatic heterocycles. The van der Waals surface area contributed by atoms with E-state index in [0.29, 0.717) is 25.6 Å². The van der Waals surface area contributed by atoms with Crippen LogP contribution in [-0.2, 0) is 14.3 Å². The Hall–Kier alpha value is -2.83. The van der Waals surface area contributed by atoms with E-state index in [2.05, 4.69) is 10.6 Å². The monoisotopic (exact) mass is 415 g/mol. The van der Waals surface area contributed by atoms with E-state index >= 15 is 0 Å². The summed E-state index contributed by atoms with van der Waals surface area (Å²) in [5.41, 5.74) is 0.449. The lowest BCUT2D eigenvalue weighted by Crippen LogP contribution is -2.41. The Bertz CT molecular complexity index is 733. The summed E-state index contributed by atoms with van der Waals surface area (Å²) in [5.74, 6) is 0.278. The van der Waals surface area contributed by atoms with Gasteiger partial charge in [0.25, 0.3) is 0 Å². The molecule has 0 unspecified atom stereocenters. The number of carbonyl (C=O) groups is 3. The van der Waals surface area contributed by atoms with Crippen molar-refractivity contribution in [3.63, 3.8) is 0 Å². The van der Waals surface area contributed by atoms with E-state index in [0.717, 1.165) is 18.4 Å². The number of ether oxygens (including phenoxy) is 1. The van der Waals surface area contributed by atoms with Crippen molar-refractivity contribution >= 4 is 24.0 Å². The van der Waals surface area contributed by atoms with Gasteiger partial charge in [0.2, 0.25) is 11.8 Å². The number of nitrogens with zero attached hydrogens (tertiary/aromatic N) is 1. The van der Waals surface area contributed by atoms with Gasteiger partial charge in [-0.25, -0.2) is 4.79 Å². The smallest absolute Gasteiger partial charge is 0.407 e. The predicted molar refractivity (Wildman–Crippen MR) is 117 cm³/mol. The fourth-order valence-corrected chi connectivity index (χ4v) is 3.13. The first kappa shape index (κ1) is 23.4. The summed E-state index contributed by atoms with van der Waals surface area (Å²) in [7, 11) is 0. The largest absolute Gasteiger partial charge is 0.444 e. The lowest BCUT2D eigenvalue weighted by atomic mass is 9.96. The van der Waals surface area contributed by atoms with E-state index in [9.17, 15) is 14.4 Å². The van der Waals surface area contributed by atoms with Crippen molar-refractivity contribution in [3.05, 3.63) is 42.0 Å². The summed E-state index contributed by atoms with van der Waals surface area (Å²) in [4.78, 5) is 37.7. The molecule has 0 aromatic heterocycles.